The molecule has 0 unspecified atom stereocenters. The van der Waals surface area contributed by atoms with Crippen molar-refractivity contribution in [3.8, 4) is 5.75 Å². The lowest BCUT2D eigenvalue weighted by Gasteiger charge is -2.33. The van der Waals surface area contributed by atoms with Crippen LogP contribution in [0.15, 0.2) is 48.5 Å². The van der Waals surface area contributed by atoms with E-state index in [0.29, 0.717) is 11.0 Å². The number of phenols is 1. The third-order valence-corrected chi connectivity index (χ3v) is 4.91. The lowest BCUT2D eigenvalue weighted by Crippen LogP contribution is -2.44. The first kappa shape index (κ1) is 16.9. The fourth-order valence-electron chi connectivity index (χ4n) is 3.17. The van der Waals surface area contributed by atoms with E-state index in [1.54, 1.807) is 6.07 Å². The summed E-state index contributed by atoms with van der Waals surface area (Å²) < 4.78 is 0. The molecule has 1 heterocycles. The van der Waals surface area contributed by atoms with Crippen LogP contribution in [0.5, 0.6) is 5.75 Å². The van der Waals surface area contributed by atoms with Gasteiger partial charge in [-0.2, -0.15) is 0 Å². The average Bonchev–Trinajstić information content (AvgIpc) is 2.59. The van der Waals surface area contributed by atoms with Gasteiger partial charge in [-0.3, -0.25) is 4.90 Å². The highest BCUT2D eigenvalue weighted by Crippen LogP contribution is 2.20. The molecular formula is C20H24N2OS. The number of benzene rings is 2. The van der Waals surface area contributed by atoms with Gasteiger partial charge in [0.2, 0.25) is 0 Å². The van der Waals surface area contributed by atoms with E-state index in [0.717, 1.165) is 43.6 Å². The number of likely N-dealkylation sites (tertiary alicyclic amines) is 1. The van der Waals surface area contributed by atoms with E-state index < -0.39 is 0 Å². The topological polar surface area (TPSA) is 35.5 Å². The molecule has 3 rings (SSSR count). The number of nitrogens with zero attached hydrogens (tertiary/aromatic N) is 1. The molecule has 3 nitrogen and oxygen atoms in total. The standard InChI is InChI=1S/C20H24N2OS/c1-15-7-8-19(23)18(13-15)20(24)21-17-9-11-22(12-10-17)14-16-5-3-2-4-6-16/h2-8,13,17,23H,9-12,14H2,1H3,(H,21,24). The van der Waals surface area contributed by atoms with E-state index in [2.05, 4.69) is 40.5 Å². The Kier molecular flexibility index (Phi) is 5.48. The summed E-state index contributed by atoms with van der Waals surface area (Å²) in [5.74, 6) is 0.250. The average molecular weight is 340 g/mol. The van der Waals surface area contributed by atoms with Crippen LogP contribution in [0.2, 0.25) is 0 Å². The third-order valence-electron chi connectivity index (χ3n) is 4.57. The molecule has 0 radical (unpaired) electrons. The minimum atomic E-state index is 0.250. The quantitative estimate of drug-likeness (QED) is 0.833. The molecule has 0 saturated carbocycles. The Hall–Kier alpha value is -1.91. The normalized spacial score (nSPS) is 16.0. The van der Waals surface area contributed by atoms with Gasteiger partial charge < -0.3 is 10.4 Å². The van der Waals surface area contributed by atoms with Gasteiger partial charge in [0, 0.05) is 25.7 Å². The number of rotatable bonds is 4. The monoisotopic (exact) mass is 340 g/mol. The van der Waals surface area contributed by atoms with E-state index in [9.17, 15) is 5.11 Å². The molecule has 0 amide bonds. The van der Waals surface area contributed by atoms with Crippen molar-refractivity contribution < 1.29 is 5.11 Å². The summed E-state index contributed by atoms with van der Waals surface area (Å²) in [4.78, 5) is 3.14. The zero-order chi connectivity index (χ0) is 16.9. The molecule has 1 fully saturated rings. The number of phenolic OH excluding ortho intramolecular Hbond substituents is 1. The van der Waals surface area contributed by atoms with Crippen LogP contribution in [0, 0.1) is 6.92 Å². The summed E-state index contributed by atoms with van der Waals surface area (Å²) in [6.45, 7) is 5.15. The van der Waals surface area contributed by atoms with Crippen molar-refractivity contribution in [2.75, 3.05) is 13.1 Å². The molecule has 1 aliphatic rings. The van der Waals surface area contributed by atoms with Crippen molar-refractivity contribution in [2.45, 2.75) is 32.4 Å². The summed E-state index contributed by atoms with van der Waals surface area (Å²) >= 11 is 5.50. The fraction of sp³-hybridized carbons (Fsp3) is 0.350. The zero-order valence-corrected chi connectivity index (χ0v) is 14.9. The first-order chi connectivity index (χ1) is 11.6. The van der Waals surface area contributed by atoms with E-state index in [1.807, 2.05) is 19.1 Å². The van der Waals surface area contributed by atoms with Gasteiger partial charge in [0.1, 0.15) is 10.7 Å². The van der Waals surface area contributed by atoms with Crippen LogP contribution in [-0.4, -0.2) is 34.1 Å². The van der Waals surface area contributed by atoms with Crippen molar-refractivity contribution in [3.63, 3.8) is 0 Å². The van der Waals surface area contributed by atoms with Gasteiger partial charge in [-0.15, -0.1) is 0 Å². The molecule has 2 aromatic carbocycles. The molecule has 2 aromatic rings. The van der Waals surface area contributed by atoms with E-state index >= 15 is 0 Å². The maximum Gasteiger partial charge on any atom is 0.125 e. The molecule has 0 bridgehead atoms. The summed E-state index contributed by atoms with van der Waals surface area (Å²) in [6, 6.07) is 16.5. The second-order valence-corrected chi connectivity index (χ2v) is 6.94. The van der Waals surface area contributed by atoms with Crippen LogP contribution in [0.4, 0.5) is 0 Å². The summed E-state index contributed by atoms with van der Waals surface area (Å²) in [6.07, 6.45) is 2.14. The van der Waals surface area contributed by atoms with Crippen molar-refractivity contribution in [1.29, 1.82) is 0 Å². The number of hydrogen-bond donors (Lipinski definition) is 2. The minimum absolute atomic E-state index is 0.250. The predicted octanol–water partition coefficient (Wildman–Crippen LogP) is 3.63. The van der Waals surface area contributed by atoms with Crippen molar-refractivity contribution in [1.82, 2.24) is 10.2 Å². The minimum Gasteiger partial charge on any atom is -0.507 e. The van der Waals surface area contributed by atoms with Gasteiger partial charge >= 0.3 is 0 Å². The number of hydrogen-bond acceptors (Lipinski definition) is 3. The Morgan fingerprint density at radius 2 is 1.88 bits per heavy atom. The maximum absolute atomic E-state index is 10.0. The van der Waals surface area contributed by atoms with E-state index in [1.165, 1.54) is 5.56 Å². The number of piperidine rings is 1. The van der Waals surface area contributed by atoms with Gasteiger partial charge in [-0.1, -0.05) is 54.2 Å². The van der Waals surface area contributed by atoms with Crippen LogP contribution in [0.3, 0.4) is 0 Å². The van der Waals surface area contributed by atoms with Crippen molar-refractivity contribution >= 4 is 17.2 Å². The fourth-order valence-corrected chi connectivity index (χ4v) is 3.50. The van der Waals surface area contributed by atoms with Crippen LogP contribution in [0.25, 0.3) is 0 Å². The van der Waals surface area contributed by atoms with Crippen LogP contribution in [-0.2, 0) is 6.54 Å². The molecule has 4 heteroatoms. The van der Waals surface area contributed by atoms with E-state index in [4.69, 9.17) is 12.2 Å². The van der Waals surface area contributed by atoms with Crippen molar-refractivity contribution in [2.24, 2.45) is 0 Å². The molecule has 0 atom stereocenters. The van der Waals surface area contributed by atoms with Gasteiger partial charge in [0.15, 0.2) is 0 Å². The maximum atomic E-state index is 10.0. The smallest absolute Gasteiger partial charge is 0.125 e. The molecule has 24 heavy (non-hydrogen) atoms. The first-order valence-electron chi connectivity index (χ1n) is 8.48. The van der Waals surface area contributed by atoms with Crippen molar-refractivity contribution in [3.05, 3.63) is 65.2 Å². The molecule has 0 aliphatic carbocycles. The third kappa shape index (κ3) is 4.34. The van der Waals surface area contributed by atoms with Crippen LogP contribution in [0.1, 0.15) is 29.5 Å². The Labute approximate surface area is 149 Å². The lowest BCUT2D eigenvalue weighted by molar-refractivity contribution is 0.199. The Bertz CT molecular complexity index is 694. The largest absolute Gasteiger partial charge is 0.507 e. The summed E-state index contributed by atoms with van der Waals surface area (Å²) in [5, 5.41) is 13.4. The SMILES string of the molecule is Cc1ccc(O)c(C(=S)NC2CCN(Cc3ccccc3)CC2)c1. The molecule has 2 N–H and O–H groups in total. The first-order valence-corrected chi connectivity index (χ1v) is 8.89. The van der Waals surface area contributed by atoms with Gasteiger partial charge in [0.25, 0.3) is 0 Å². The van der Waals surface area contributed by atoms with Crippen LogP contribution < -0.4 is 5.32 Å². The van der Waals surface area contributed by atoms with Gasteiger partial charge in [0.05, 0.1) is 5.56 Å². The molecule has 0 spiro atoms. The highest BCUT2D eigenvalue weighted by atomic mass is 32.1. The van der Waals surface area contributed by atoms with Gasteiger partial charge in [-0.05, 0) is 37.5 Å². The molecule has 0 aromatic heterocycles. The van der Waals surface area contributed by atoms with Crippen LogP contribution >= 0.6 is 12.2 Å². The summed E-state index contributed by atoms with van der Waals surface area (Å²) in [5.41, 5.74) is 3.20. The van der Waals surface area contributed by atoms with E-state index in [-0.39, 0.29) is 5.75 Å². The number of aromatic hydroxyl groups is 1. The van der Waals surface area contributed by atoms with Gasteiger partial charge in [-0.25, -0.2) is 0 Å². The summed E-state index contributed by atoms with van der Waals surface area (Å²) in [7, 11) is 0. The Balaban J connectivity index is 1.52. The molecule has 126 valence electrons. The lowest BCUT2D eigenvalue weighted by atomic mass is 10.0. The predicted molar refractivity (Wildman–Crippen MR) is 102 cm³/mol. The highest BCUT2D eigenvalue weighted by molar-refractivity contribution is 7.80. The second-order valence-electron chi connectivity index (χ2n) is 6.53. The Morgan fingerprint density at radius 1 is 1.17 bits per heavy atom. The zero-order valence-electron chi connectivity index (χ0n) is 14.0. The molecule has 1 saturated heterocycles. The Morgan fingerprint density at radius 3 is 2.58 bits per heavy atom. The highest BCUT2D eigenvalue weighted by Gasteiger charge is 2.20. The molecule has 1 aliphatic heterocycles. The molecular weight excluding hydrogens is 316 g/mol. The second kappa shape index (κ2) is 7.77. The number of aryl methyl sites for hydroxylation is 1. The number of nitrogens with one attached hydrogen (secondary N) is 1. The number of thiocarbonyl (C=S) groups is 1.